The monoisotopic (exact) mass is 400 g/mol. The molecule has 0 aliphatic carbocycles. The third-order valence-corrected chi connectivity index (χ3v) is 6.94. The van der Waals surface area contributed by atoms with Crippen LogP contribution in [0.25, 0.3) is 11.1 Å². The lowest BCUT2D eigenvalue weighted by Gasteiger charge is -2.12. The van der Waals surface area contributed by atoms with Crippen LogP contribution in [0.2, 0.25) is 0 Å². The lowest BCUT2D eigenvalue weighted by Crippen LogP contribution is -2.24. The number of sulfonamides is 1. The van der Waals surface area contributed by atoms with Gasteiger partial charge in [-0.25, -0.2) is 18.1 Å². The highest BCUT2D eigenvalue weighted by molar-refractivity contribution is 7.89. The van der Waals surface area contributed by atoms with Gasteiger partial charge in [0.05, 0.1) is 17.1 Å². The summed E-state index contributed by atoms with van der Waals surface area (Å²) in [4.78, 5) is 11.1. The fraction of sp³-hybridized carbons (Fsp3) is 0.263. The van der Waals surface area contributed by atoms with Crippen molar-refractivity contribution < 1.29 is 8.42 Å². The predicted octanol–water partition coefficient (Wildman–Crippen LogP) is 3.28. The zero-order chi connectivity index (χ0) is 18.7. The molecule has 1 aliphatic rings. The second kappa shape index (κ2) is 7.75. The summed E-state index contributed by atoms with van der Waals surface area (Å²) in [5.41, 5.74) is 2.21. The molecule has 140 valence electrons. The summed E-state index contributed by atoms with van der Waals surface area (Å²) in [6.07, 6.45) is 5.68. The summed E-state index contributed by atoms with van der Waals surface area (Å²) in [5.74, 6) is 0. The molecule has 6 nitrogen and oxygen atoms in total. The van der Waals surface area contributed by atoms with Crippen molar-refractivity contribution >= 4 is 26.5 Å². The molecule has 0 unspecified atom stereocenters. The van der Waals surface area contributed by atoms with Crippen LogP contribution in [-0.2, 0) is 16.6 Å². The van der Waals surface area contributed by atoms with Crippen LogP contribution in [0.1, 0.15) is 18.5 Å². The standard InChI is InChI=1S/C19H20N4O2S2/c24-27(25,18-6-2-1-5-17(18)15-7-9-20-10-8-15)21-13-16-14-26-19(22-16)23-11-3-4-12-23/h1-2,5-10,14,21H,3-4,11-13H2. The quantitative estimate of drug-likeness (QED) is 0.687. The summed E-state index contributed by atoms with van der Waals surface area (Å²) in [7, 11) is -3.67. The normalized spacial score (nSPS) is 14.6. The van der Waals surface area contributed by atoms with Gasteiger partial charge in [-0.1, -0.05) is 18.2 Å². The molecule has 1 fully saturated rings. The van der Waals surface area contributed by atoms with E-state index in [0.717, 1.165) is 29.5 Å². The number of pyridine rings is 1. The van der Waals surface area contributed by atoms with Crippen molar-refractivity contribution in [1.29, 1.82) is 0 Å². The van der Waals surface area contributed by atoms with E-state index < -0.39 is 10.0 Å². The molecule has 1 N–H and O–H groups in total. The minimum absolute atomic E-state index is 0.178. The lowest BCUT2D eigenvalue weighted by molar-refractivity contribution is 0.581. The topological polar surface area (TPSA) is 75.2 Å². The molecule has 1 saturated heterocycles. The van der Waals surface area contributed by atoms with E-state index in [1.165, 1.54) is 12.8 Å². The van der Waals surface area contributed by atoms with Gasteiger partial charge in [-0.15, -0.1) is 11.3 Å². The molecule has 1 aromatic carbocycles. The van der Waals surface area contributed by atoms with Crippen molar-refractivity contribution in [2.24, 2.45) is 0 Å². The van der Waals surface area contributed by atoms with Crippen molar-refractivity contribution in [3.8, 4) is 11.1 Å². The number of nitrogens with one attached hydrogen (secondary N) is 1. The average Bonchev–Trinajstić information content (AvgIpc) is 3.39. The van der Waals surface area contributed by atoms with E-state index in [-0.39, 0.29) is 11.4 Å². The Morgan fingerprint density at radius 1 is 1.07 bits per heavy atom. The molecule has 0 radical (unpaired) electrons. The summed E-state index contributed by atoms with van der Waals surface area (Å²) in [5, 5.41) is 2.89. The van der Waals surface area contributed by atoms with Crippen LogP contribution in [0.5, 0.6) is 0 Å². The number of aromatic nitrogens is 2. The molecule has 0 amide bonds. The maximum atomic E-state index is 12.9. The first kappa shape index (κ1) is 18.1. The van der Waals surface area contributed by atoms with Crippen LogP contribution < -0.4 is 9.62 Å². The Labute approximate surface area is 163 Å². The number of hydrogen-bond donors (Lipinski definition) is 1. The fourth-order valence-corrected chi connectivity index (χ4v) is 5.25. The number of thiazole rings is 1. The summed E-state index contributed by atoms with van der Waals surface area (Å²) < 4.78 is 28.5. The van der Waals surface area contributed by atoms with Gasteiger partial charge in [-0.2, -0.15) is 0 Å². The van der Waals surface area contributed by atoms with Crippen LogP contribution in [0, 0.1) is 0 Å². The number of nitrogens with zero attached hydrogens (tertiary/aromatic N) is 3. The molecule has 2 aromatic heterocycles. The van der Waals surface area contributed by atoms with Crippen molar-refractivity contribution in [2.45, 2.75) is 24.3 Å². The van der Waals surface area contributed by atoms with Gasteiger partial charge in [-0.3, -0.25) is 4.98 Å². The molecule has 0 atom stereocenters. The van der Waals surface area contributed by atoms with E-state index in [2.05, 4.69) is 19.6 Å². The Morgan fingerprint density at radius 3 is 2.59 bits per heavy atom. The van der Waals surface area contributed by atoms with E-state index >= 15 is 0 Å². The SMILES string of the molecule is O=S(=O)(NCc1csc(N2CCCC2)n1)c1ccccc1-c1ccncc1. The Hall–Kier alpha value is -2.29. The predicted molar refractivity (Wildman–Crippen MR) is 107 cm³/mol. The zero-order valence-corrected chi connectivity index (χ0v) is 16.3. The van der Waals surface area contributed by atoms with Gasteiger partial charge in [0.1, 0.15) is 0 Å². The Bertz CT molecular complexity index is 1010. The molecular formula is C19H20N4O2S2. The van der Waals surface area contributed by atoms with E-state index in [0.29, 0.717) is 5.56 Å². The smallest absolute Gasteiger partial charge is 0.241 e. The number of rotatable bonds is 6. The van der Waals surface area contributed by atoms with Crippen LogP contribution in [0.4, 0.5) is 5.13 Å². The average molecular weight is 401 g/mol. The second-order valence-electron chi connectivity index (χ2n) is 6.37. The zero-order valence-electron chi connectivity index (χ0n) is 14.7. The highest BCUT2D eigenvalue weighted by Crippen LogP contribution is 2.27. The number of anilines is 1. The summed E-state index contributed by atoms with van der Waals surface area (Å²) >= 11 is 1.57. The van der Waals surface area contributed by atoms with E-state index in [9.17, 15) is 8.42 Å². The molecule has 3 heterocycles. The molecule has 1 aliphatic heterocycles. The maximum absolute atomic E-state index is 12.9. The van der Waals surface area contributed by atoms with Gasteiger partial charge in [-0.05, 0) is 36.6 Å². The molecule has 27 heavy (non-hydrogen) atoms. The molecule has 0 saturated carbocycles. The maximum Gasteiger partial charge on any atom is 0.241 e. The van der Waals surface area contributed by atoms with Gasteiger partial charge >= 0.3 is 0 Å². The van der Waals surface area contributed by atoms with Crippen LogP contribution >= 0.6 is 11.3 Å². The minimum Gasteiger partial charge on any atom is -0.348 e. The van der Waals surface area contributed by atoms with Crippen molar-refractivity contribution in [3.05, 3.63) is 59.9 Å². The molecule has 0 spiro atoms. The third-order valence-electron chi connectivity index (χ3n) is 4.53. The van der Waals surface area contributed by atoms with Crippen LogP contribution in [0.15, 0.2) is 59.1 Å². The van der Waals surface area contributed by atoms with E-state index in [4.69, 9.17) is 0 Å². The highest BCUT2D eigenvalue weighted by Gasteiger charge is 2.20. The van der Waals surface area contributed by atoms with Crippen molar-refractivity contribution in [1.82, 2.24) is 14.7 Å². The number of benzene rings is 1. The third kappa shape index (κ3) is 4.02. The fourth-order valence-electron chi connectivity index (χ4n) is 3.15. The van der Waals surface area contributed by atoms with Crippen molar-refractivity contribution in [3.63, 3.8) is 0 Å². The Morgan fingerprint density at radius 2 is 1.81 bits per heavy atom. The largest absolute Gasteiger partial charge is 0.348 e. The van der Waals surface area contributed by atoms with Crippen molar-refractivity contribution in [2.75, 3.05) is 18.0 Å². The van der Waals surface area contributed by atoms with Crippen LogP contribution in [0.3, 0.4) is 0 Å². The molecule has 0 bridgehead atoms. The lowest BCUT2D eigenvalue weighted by atomic mass is 10.1. The van der Waals surface area contributed by atoms with Gasteiger partial charge in [0.15, 0.2) is 5.13 Å². The van der Waals surface area contributed by atoms with E-state index in [1.807, 2.05) is 11.4 Å². The van der Waals surface area contributed by atoms with Gasteiger partial charge in [0.2, 0.25) is 10.0 Å². The first-order chi connectivity index (χ1) is 13.1. The molecule has 8 heteroatoms. The van der Waals surface area contributed by atoms with Gasteiger partial charge in [0.25, 0.3) is 0 Å². The first-order valence-corrected chi connectivity index (χ1v) is 11.2. The van der Waals surface area contributed by atoms with Gasteiger partial charge in [0, 0.05) is 36.4 Å². The summed E-state index contributed by atoms with van der Waals surface area (Å²) in [6, 6.07) is 10.6. The Balaban J connectivity index is 1.53. The summed E-state index contributed by atoms with van der Waals surface area (Å²) in [6.45, 7) is 2.23. The molecular weight excluding hydrogens is 380 g/mol. The first-order valence-electron chi connectivity index (χ1n) is 8.82. The number of hydrogen-bond acceptors (Lipinski definition) is 6. The van der Waals surface area contributed by atoms with Gasteiger partial charge < -0.3 is 4.90 Å². The second-order valence-corrected chi connectivity index (χ2v) is 8.94. The van der Waals surface area contributed by atoms with Crippen LogP contribution in [-0.4, -0.2) is 31.5 Å². The molecule has 3 aromatic rings. The Kier molecular flexibility index (Phi) is 5.20. The van der Waals surface area contributed by atoms with E-state index in [1.54, 1.807) is 54.1 Å². The minimum atomic E-state index is -3.67. The molecule has 4 rings (SSSR count). The highest BCUT2D eigenvalue weighted by atomic mass is 32.2.